The maximum Gasteiger partial charge on any atom is 0.270 e. The van der Waals surface area contributed by atoms with Crippen LogP contribution in [-0.4, -0.2) is 27.3 Å². The molecular formula is C20H16N4O4S. The second-order valence-corrected chi connectivity index (χ2v) is 7.27. The quantitative estimate of drug-likeness (QED) is 0.386. The number of thiazole rings is 1. The molecule has 1 N–H and O–H groups in total. The van der Waals surface area contributed by atoms with E-state index in [1.54, 1.807) is 49.7 Å². The molecule has 4 rings (SSSR count). The fourth-order valence-electron chi connectivity index (χ4n) is 2.97. The number of nitrogens with zero attached hydrogens (tertiary/aromatic N) is 3. The minimum atomic E-state index is -0.436. The number of methoxy groups -OCH3 is 1. The van der Waals surface area contributed by atoms with Crippen LogP contribution in [0, 0.1) is 17.0 Å². The molecule has 0 saturated heterocycles. The van der Waals surface area contributed by atoms with Crippen molar-refractivity contribution in [2.24, 2.45) is 0 Å². The SMILES string of the molecule is COc1cccc(NC(=O)c2sc3nc(-c4cccc([N+](=O)[O-])c4)cn3c2C)c1. The minimum absolute atomic E-state index is 0.00827. The zero-order valence-corrected chi connectivity index (χ0v) is 16.4. The molecule has 2 aromatic heterocycles. The molecule has 0 atom stereocenters. The smallest absolute Gasteiger partial charge is 0.270 e. The van der Waals surface area contributed by atoms with Crippen molar-refractivity contribution in [3.63, 3.8) is 0 Å². The van der Waals surface area contributed by atoms with E-state index in [-0.39, 0.29) is 11.6 Å². The van der Waals surface area contributed by atoms with Gasteiger partial charge in [0, 0.05) is 41.3 Å². The van der Waals surface area contributed by atoms with E-state index in [1.807, 2.05) is 11.3 Å². The summed E-state index contributed by atoms with van der Waals surface area (Å²) in [6.07, 6.45) is 1.78. The highest BCUT2D eigenvalue weighted by molar-refractivity contribution is 7.19. The molecule has 0 aliphatic rings. The van der Waals surface area contributed by atoms with Crippen molar-refractivity contribution in [3.05, 3.63) is 75.4 Å². The molecular weight excluding hydrogens is 392 g/mol. The number of ether oxygens (including phenoxy) is 1. The number of nitro benzene ring substituents is 1. The molecule has 0 spiro atoms. The van der Waals surface area contributed by atoms with Crippen LogP contribution < -0.4 is 10.1 Å². The number of amides is 1. The number of non-ortho nitro benzene ring substituents is 1. The third-order valence-electron chi connectivity index (χ3n) is 4.44. The molecule has 146 valence electrons. The maximum atomic E-state index is 12.7. The van der Waals surface area contributed by atoms with Crippen molar-refractivity contribution in [2.45, 2.75) is 6.92 Å². The van der Waals surface area contributed by atoms with Crippen LogP contribution in [0.1, 0.15) is 15.4 Å². The number of benzene rings is 2. The Kier molecular flexibility index (Phi) is 4.73. The van der Waals surface area contributed by atoms with E-state index in [0.717, 1.165) is 5.69 Å². The zero-order chi connectivity index (χ0) is 20.5. The summed E-state index contributed by atoms with van der Waals surface area (Å²) in [5, 5.41) is 13.9. The highest BCUT2D eigenvalue weighted by Gasteiger charge is 2.19. The lowest BCUT2D eigenvalue weighted by Gasteiger charge is -2.06. The number of hydrogen-bond donors (Lipinski definition) is 1. The Morgan fingerprint density at radius 2 is 2.03 bits per heavy atom. The van der Waals surface area contributed by atoms with Gasteiger partial charge in [-0.05, 0) is 19.1 Å². The van der Waals surface area contributed by atoms with E-state index in [4.69, 9.17) is 4.74 Å². The van der Waals surface area contributed by atoms with E-state index in [0.29, 0.717) is 32.5 Å². The van der Waals surface area contributed by atoms with Gasteiger partial charge in [-0.25, -0.2) is 4.98 Å². The Morgan fingerprint density at radius 3 is 2.76 bits per heavy atom. The number of nitro groups is 1. The third kappa shape index (κ3) is 3.55. The number of rotatable bonds is 5. The van der Waals surface area contributed by atoms with Crippen molar-refractivity contribution < 1.29 is 14.5 Å². The zero-order valence-electron chi connectivity index (χ0n) is 15.6. The van der Waals surface area contributed by atoms with Crippen molar-refractivity contribution in [2.75, 3.05) is 12.4 Å². The fraction of sp³-hybridized carbons (Fsp3) is 0.100. The van der Waals surface area contributed by atoms with Gasteiger partial charge in [0.1, 0.15) is 10.6 Å². The number of imidazole rings is 1. The lowest BCUT2D eigenvalue weighted by molar-refractivity contribution is -0.384. The van der Waals surface area contributed by atoms with E-state index in [2.05, 4.69) is 10.3 Å². The van der Waals surface area contributed by atoms with Crippen LogP contribution in [0.15, 0.2) is 54.7 Å². The molecule has 29 heavy (non-hydrogen) atoms. The summed E-state index contributed by atoms with van der Waals surface area (Å²) in [5.74, 6) is 0.422. The van der Waals surface area contributed by atoms with Gasteiger partial charge in [-0.1, -0.05) is 29.5 Å². The summed E-state index contributed by atoms with van der Waals surface area (Å²) in [6.45, 7) is 1.84. The highest BCUT2D eigenvalue weighted by Crippen LogP contribution is 2.29. The van der Waals surface area contributed by atoms with Gasteiger partial charge in [0.05, 0.1) is 17.7 Å². The lowest BCUT2D eigenvalue weighted by Crippen LogP contribution is -2.11. The molecule has 0 radical (unpaired) electrons. The average Bonchev–Trinajstić information content (AvgIpc) is 3.28. The first-order chi connectivity index (χ1) is 14.0. The summed E-state index contributed by atoms with van der Waals surface area (Å²) in [4.78, 5) is 29.0. The van der Waals surface area contributed by atoms with Crippen molar-refractivity contribution in [1.82, 2.24) is 9.38 Å². The first kappa shape index (κ1) is 18.6. The Hall–Kier alpha value is -3.72. The lowest BCUT2D eigenvalue weighted by atomic mass is 10.1. The van der Waals surface area contributed by atoms with Crippen LogP contribution in [-0.2, 0) is 0 Å². The third-order valence-corrected chi connectivity index (χ3v) is 5.60. The summed E-state index contributed by atoms with van der Waals surface area (Å²) in [5.41, 5.74) is 2.65. The van der Waals surface area contributed by atoms with E-state index in [1.165, 1.54) is 23.5 Å². The van der Waals surface area contributed by atoms with E-state index >= 15 is 0 Å². The second-order valence-electron chi connectivity index (χ2n) is 6.29. The van der Waals surface area contributed by atoms with Crippen LogP contribution in [0.5, 0.6) is 5.75 Å². The summed E-state index contributed by atoms with van der Waals surface area (Å²) in [7, 11) is 1.57. The van der Waals surface area contributed by atoms with Crippen LogP contribution in [0.4, 0.5) is 11.4 Å². The van der Waals surface area contributed by atoms with Crippen LogP contribution in [0.25, 0.3) is 16.2 Å². The summed E-state index contributed by atoms with van der Waals surface area (Å²) in [6, 6.07) is 13.4. The second kappa shape index (κ2) is 7.36. The highest BCUT2D eigenvalue weighted by atomic mass is 32.1. The number of anilines is 1. The molecule has 0 bridgehead atoms. The molecule has 9 heteroatoms. The molecule has 0 unspecified atom stereocenters. The number of hydrogen-bond acceptors (Lipinski definition) is 6. The van der Waals surface area contributed by atoms with Gasteiger partial charge in [-0.2, -0.15) is 0 Å². The largest absolute Gasteiger partial charge is 0.497 e. The predicted molar refractivity (Wildman–Crippen MR) is 111 cm³/mol. The fourth-order valence-corrected chi connectivity index (χ4v) is 3.97. The van der Waals surface area contributed by atoms with Crippen LogP contribution in [0.2, 0.25) is 0 Å². The monoisotopic (exact) mass is 408 g/mol. The van der Waals surface area contributed by atoms with Gasteiger partial charge in [-0.3, -0.25) is 19.3 Å². The number of carbonyl (C=O) groups excluding carboxylic acids is 1. The minimum Gasteiger partial charge on any atom is -0.497 e. The first-order valence-corrected chi connectivity index (χ1v) is 9.46. The van der Waals surface area contributed by atoms with E-state index in [9.17, 15) is 14.9 Å². The van der Waals surface area contributed by atoms with Crippen molar-refractivity contribution in [1.29, 1.82) is 0 Å². The Balaban J connectivity index is 1.63. The van der Waals surface area contributed by atoms with Crippen molar-refractivity contribution >= 4 is 33.6 Å². The summed E-state index contributed by atoms with van der Waals surface area (Å²) >= 11 is 1.26. The number of nitrogens with one attached hydrogen (secondary N) is 1. The number of carbonyl (C=O) groups is 1. The van der Waals surface area contributed by atoms with Gasteiger partial charge in [-0.15, -0.1) is 0 Å². The van der Waals surface area contributed by atoms with Gasteiger partial charge >= 0.3 is 0 Å². The Morgan fingerprint density at radius 1 is 1.24 bits per heavy atom. The molecule has 2 aromatic carbocycles. The first-order valence-electron chi connectivity index (χ1n) is 8.65. The van der Waals surface area contributed by atoms with E-state index < -0.39 is 4.92 Å². The average molecular weight is 408 g/mol. The molecule has 8 nitrogen and oxygen atoms in total. The van der Waals surface area contributed by atoms with Gasteiger partial charge in [0.2, 0.25) is 0 Å². The molecule has 4 aromatic rings. The molecule has 0 saturated carbocycles. The predicted octanol–water partition coefficient (Wildman–Crippen LogP) is 4.54. The Labute approximate surface area is 169 Å². The molecule has 0 aliphatic heterocycles. The molecule has 0 aliphatic carbocycles. The number of fused-ring (bicyclic) bond motifs is 1. The number of aryl methyl sites for hydroxylation is 1. The van der Waals surface area contributed by atoms with Gasteiger partial charge in [0.15, 0.2) is 4.96 Å². The normalized spacial score (nSPS) is 10.8. The molecule has 1 amide bonds. The van der Waals surface area contributed by atoms with Crippen molar-refractivity contribution in [3.8, 4) is 17.0 Å². The van der Waals surface area contributed by atoms with Crippen LogP contribution in [0.3, 0.4) is 0 Å². The van der Waals surface area contributed by atoms with Gasteiger partial charge < -0.3 is 10.1 Å². The van der Waals surface area contributed by atoms with Gasteiger partial charge in [0.25, 0.3) is 11.6 Å². The molecule has 2 heterocycles. The maximum absolute atomic E-state index is 12.7. The standard InChI is InChI=1S/C20H16N4O4S/c1-12-18(19(25)21-14-6-4-8-16(10-14)28-2)29-20-22-17(11-23(12)20)13-5-3-7-15(9-13)24(26)27/h3-11H,1-2H3,(H,21,25). The summed E-state index contributed by atoms with van der Waals surface area (Å²) < 4.78 is 6.99. The number of aromatic nitrogens is 2. The topological polar surface area (TPSA) is 98.8 Å². The Bertz CT molecular complexity index is 1240. The van der Waals surface area contributed by atoms with Crippen LogP contribution >= 0.6 is 11.3 Å². The molecule has 0 fully saturated rings.